The maximum absolute atomic E-state index is 14.7. The number of benzene rings is 3. The average molecular weight is 1030 g/mol. The number of aliphatic hydroxyl groups is 1. The van der Waals surface area contributed by atoms with Crippen molar-refractivity contribution >= 4 is 55.4 Å². The lowest BCUT2D eigenvalue weighted by Crippen LogP contribution is -2.58. The molecular weight excluding hydrogens is 965 g/mol. The van der Waals surface area contributed by atoms with E-state index in [1.54, 1.807) is 12.3 Å². The predicted molar refractivity (Wildman–Crippen MR) is 281 cm³/mol. The zero-order valence-electron chi connectivity index (χ0n) is 42.5. The van der Waals surface area contributed by atoms with Gasteiger partial charge in [-0.3, -0.25) is 19.8 Å². The summed E-state index contributed by atoms with van der Waals surface area (Å²) >= 11 is 0. The molecule has 1 spiro atoms. The van der Waals surface area contributed by atoms with Crippen LogP contribution in [0.1, 0.15) is 106 Å². The number of morpholine rings is 1. The lowest BCUT2D eigenvalue weighted by atomic mass is 9.59. The molecule has 3 saturated heterocycles. The Bertz CT molecular complexity index is 2990. The second-order valence-corrected chi connectivity index (χ2v) is 23.7. The van der Waals surface area contributed by atoms with Crippen molar-refractivity contribution in [2.24, 2.45) is 11.3 Å². The molecule has 11 rings (SSSR count). The molecule has 2 aromatic heterocycles. The number of piperidine rings is 1. The van der Waals surface area contributed by atoms with Gasteiger partial charge in [-0.1, -0.05) is 38.1 Å². The van der Waals surface area contributed by atoms with Crippen molar-refractivity contribution in [3.8, 4) is 5.88 Å². The number of aromatic amines is 1. The number of carbonyl (C=O) groups excluding carboxylic acids is 1. The fraction of sp³-hybridized carbons (Fsp3) is 0.527. The molecule has 6 aliphatic rings. The molecule has 5 fully saturated rings. The van der Waals surface area contributed by atoms with Gasteiger partial charge in [-0.05, 0) is 129 Å². The number of anilines is 4. The Morgan fingerprint density at radius 1 is 0.932 bits per heavy atom. The summed E-state index contributed by atoms with van der Waals surface area (Å²) < 4.78 is 55.6. The molecule has 0 unspecified atom stereocenters. The van der Waals surface area contributed by atoms with Gasteiger partial charge in [-0.2, -0.15) is 4.98 Å². The summed E-state index contributed by atoms with van der Waals surface area (Å²) in [6.45, 7) is 11.9. The number of H-pyrrole nitrogens is 1. The fourth-order valence-electron chi connectivity index (χ4n) is 12.4. The topological polar surface area (TPSA) is 214 Å². The Morgan fingerprint density at radius 3 is 2.50 bits per heavy atom. The van der Waals surface area contributed by atoms with Crippen molar-refractivity contribution < 1.29 is 42.2 Å². The summed E-state index contributed by atoms with van der Waals surface area (Å²) in [6.07, 6.45) is 7.79. The van der Waals surface area contributed by atoms with E-state index >= 15 is 0 Å². The van der Waals surface area contributed by atoms with Crippen LogP contribution in [0.4, 0.5) is 28.4 Å². The minimum Gasteiger partial charge on any atom is -0.467 e. The van der Waals surface area contributed by atoms with Crippen LogP contribution in [0.3, 0.4) is 0 Å². The summed E-state index contributed by atoms with van der Waals surface area (Å²) in [7, 11) is -4.65. The summed E-state index contributed by atoms with van der Waals surface area (Å²) in [5, 5.41) is 26.8. The monoisotopic (exact) mass is 1030 g/mol. The molecule has 5 aromatic rings. The molecule has 3 atom stereocenters. The largest absolute Gasteiger partial charge is 0.467 e. The molecule has 74 heavy (non-hydrogen) atoms. The van der Waals surface area contributed by atoms with Crippen molar-refractivity contribution in [3.63, 3.8) is 0 Å². The van der Waals surface area contributed by atoms with Gasteiger partial charge in [0.25, 0.3) is 21.6 Å². The van der Waals surface area contributed by atoms with Crippen LogP contribution in [-0.4, -0.2) is 129 Å². The number of carbonyl (C=O) groups is 1. The Balaban J connectivity index is 0.872. The molecule has 2 saturated carbocycles. The molecule has 4 N–H and O–H groups in total. The van der Waals surface area contributed by atoms with Crippen molar-refractivity contribution in [3.05, 3.63) is 106 Å². The Kier molecular flexibility index (Phi) is 13.9. The third kappa shape index (κ3) is 10.2. The predicted octanol–water partition coefficient (Wildman–Crippen LogP) is 8.20. The molecule has 6 heterocycles. The number of rotatable bonds is 12. The van der Waals surface area contributed by atoms with Crippen LogP contribution in [0.2, 0.25) is 0 Å². The van der Waals surface area contributed by atoms with Gasteiger partial charge >= 0.3 is 0 Å². The van der Waals surface area contributed by atoms with Crippen LogP contribution in [0, 0.1) is 21.4 Å². The van der Waals surface area contributed by atoms with Gasteiger partial charge in [0.1, 0.15) is 23.1 Å². The van der Waals surface area contributed by atoms with E-state index in [4.69, 9.17) is 23.9 Å². The number of aromatic nitrogens is 2. The number of pyridine rings is 1. The van der Waals surface area contributed by atoms with Crippen LogP contribution in [0.25, 0.3) is 11.0 Å². The van der Waals surface area contributed by atoms with Gasteiger partial charge < -0.3 is 44.2 Å². The van der Waals surface area contributed by atoms with E-state index in [1.807, 2.05) is 36.1 Å². The first-order chi connectivity index (χ1) is 35.6. The number of nitrogens with one attached hydrogen (secondary N) is 3. The lowest BCUT2D eigenvalue weighted by Gasteiger charge is -2.57. The molecule has 2 aliphatic carbocycles. The Labute approximate surface area is 432 Å². The summed E-state index contributed by atoms with van der Waals surface area (Å²) in [5.74, 6) is 0.000774. The second-order valence-electron chi connectivity index (χ2n) is 22.0. The minimum atomic E-state index is -4.65. The Hall–Kier alpha value is -5.83. The van der Waals surface area contributed by atoms with Gasteiger partial charge in [0.2, 0.25) is 5.88 Å². The number of fused-ring (bicyclic) bond motifs is 3. The van der Waals surface area contributed by atoms with Gasteiger partial charge in [-0.25, -0.2) is 13.1 Å². The highest BCUT2D eigenvalue weighted by Crippen LogP contribution is 2.53. The molecule has 1 amide bonds. The van der Waals surface area contributed by atoms with E-state index in [-0.39, 0.29) is 41.8 Å². The van der Waals surface area contributed by atoms with Crippen molar-refractivity contribution in [2.45, 2.75) is 113 Å². The zero-order valence-corrected chi connectivity index (χ0v) is 43.3. The zero-order chi connectivity index (χ0) is 51.4. The first-order valence-corrected chi connectivity index (χ1v) is 27.9. The van der Waals surface area contributed by atoms with E-state index in [0.29, 0.717) is 74.1 Å². The number of amides is 1. The molecule has 0 bridgehead atoms. The molecular formula is C55H68N8O10S. The smallest absolute Gasteiger partial charge is 0.293 e. The van der Waals surface area contributed by atoms with E-state index in [9.17, 15) is 28.4 Å². The van der Waals surface area contributed by atoms with Crippen molar-refractivity contribution in [2.75, 3.05) is 80.9 Å². The summed E-state index contributed by atoms with van der Waals surface area (Å²) in [6, 6.07) is 22.5. The second kappa shape index (κ2) is 20.4. The van der Waals surface area contributed by atoms with Crippen molar-refractivity contribution in [1.82, 2.24) is 19.6 Å². The number of nitro groups is 1. The number of sulfonamides is 1. The standard InChI is InChI=1S/C55H68N8O10S/c1-35(2)41-6-4-5-7-42(41)48-33-70-23-22-61(48)39-29-55(30-39)17-20-60(21-18-55)38-8-10-43(45(27-38)62-32-49-50(34-71-24-25-72-49)73-53-47(62)26-37-14-19-56-51(37)58-53)52(64)59-74(68,69)40-9-11-44(46(28-40)63(66)67)57-31-36-12-15-54(3,65)16-13-36/h4-11,14,19,26-28,35-36,39,48-50,57,65H,12-13,15-18,20-25,29-34H2,1-3H3,(H,56,58)(H,59,64)/t36?,48-,49-,50+,54?/m0/s1. The number of hydrogen-bond acceptors (Lipinski definition) is 15. The fourth-order valence-corrected chi connectivity index (χ4v) is 13.4. The van der Waals surface area contributed by atoms with Crippen LogP contribution >= 0.6 is 0 Å². The first kappa shape index (κ1) is 50.3. The number of ether oxygens (including phenoxy) is 4. The number of hydrogen-bond donors (Lipinski definition) is 4. The van der Waals surface area contributed by atoms with E-state index in [2.05, 4.69) is 62.9 Å². The molecule has 19 heteroatoms. The third-order valence-corrected chi connectivity index (χ3v) is 18.1. The van der Waals surface area contributed by atoms with E-state index < -0.39 is 49.2 Å². The lowest BCUT2D eigenvalue weighted by molar-refractivity contribution is -0.384. The maximum Gasteiger partial charge on any atom is 0.293 e. The highest BCUT2D eigenvalue weighted by molar-refractivity contribution is 7.90. The Morgan fingerprint density at radius 2 is 1.72 bits per heavy atom. The molecule has 4 aliphatic heterocycles. The molecule has 3 aromatic carbocycles. The van der Waals surface area contributed by atoms with Crippen LogP contribution < -0.4 is 24.6 Å². The first-order valence-electron chi connectivity index (χ1n) is 26.4. The average Bonchev–Trinajstić information content (AvgIpc) is 3.65. The molecule has 18 nitrogen and oxygen atoms in total. The molecule has 394 valence electrons. The molecule has 0 radical (unpaired) electrons. The van der Waals surface area contributed by atoms with Crippen LogP contribution in [0.5, 0.6) is 5.88 Å². The third-order valence-electron chi connectivity index (χ3n) is 16.8. The quantitative estimate of drug-likeness (QED) is 0.0685. The SMILES string of the molecule is CC(C)c1ccccc1[C@@H]1COCCN1C1CC2(CCN(c3ccc(C(=O)NS(=O)(=O)c4ccc(NCC5CCC(C)(O)CC5)c([N+](=O)[O-])c4)c(N4C[C@@H]5OCCOC[C@H]5Oc5nc6[nH]ccc6cc54)c3)CC2)C1. The van der Waals surface area contributed by atoms with Gasteiger partial charge in [-0.15, -0.1) is 0 Å². The van der Waals surface area contributed by atoms with Gasteiger partial charge in [0.15, 0.2) is 6.10 Å². The highest BCUT2D eigenvalue weighted by atomic mass is 32.2. The highest BCUT2D eigenvalue weighted by Gasteiger charge is 2.50. The van der Waals surface area contributed by atoms with E-state index in [1.165, 1.54) is 23.3 Å². The van der Waals surface area contributed by atoms with Gasteiger partial charge in [0, 0.05) is 55.6 Å². The van der Waals surface area contributed by atoms with Gasteiger partial charge in [0.05, 0.1) is 72.3 Å². The van der Waals surface area contributed by atoms with Crippen LogP contribution in [-0.2, 0) is 24.2 Å². The minimum absolute atomic E-state index is 0.0643. The van der Waals surface area contributed by atoms with E-state index in [0.717, 1.165) is 81.9 Å². The summed E-state index contributed by atoms with van der Waals surface area (Å²) in [5.41, 5.74) is 4.54. The van der Waals surface area contributed by atoms with Crippen LogP contribution in [0.15, 0.2) is 83.9 Å². The summed E-state index contributed by atoms with van der Waals surface area (Å²) in [4.78, 5) is 41.1. The normalized spacial score (nSPS) is 25.6. The number of nitro benzene ring substituents is 1. The van der Waals surface area contributed by atoms with Crippen molar-refractivity contribution in [1.29, 1.82) is 0 Å². The maximum atomic E-state index is 14.7. The number of nitrogens with zero attached hydrogens (tertiary/aromatic N) is 5.